The van der Waals surface area contributed by atoms with Gasteiger partial charge in [0.1, 0.15) is 5.75 Å². The van der Waals surface area contributed by atoms with E-state index >= 15 is 0 Å². The number of hydrogen-bond acceptors (Lipinski definition) is 2. The minimum Gasteiger partial charge on any atom is -0.406 e. The number of hydrogen-bond donors (Lipinski definition) is 1. The van der Waals surface area contributed by atoms with Crippen LogP contribution in [0.3, 0.4) is 0 Å². The Morgan fingerprint density at radius 1 is 1.44 bits per heavy atom. The predicted octanol–water partition coefficient (Wildman–Crippen LogP) is 2.95. The second-order valence-electron chi connectivity index (χ2n) is 3.32. The van der Waals surface area contributed by atoms with Crippen molar-refractivity contribution in [2.24, 2.45) is 5.73 Å². The quantitative estimate of drug-likeness (QED) is 0.868. The van der Waals surface area contributed by atoms with Crippen LogP contribution in [0.1, 0.15) is 12.5 Å². The maximum absolute atomic E-state index is 11.9. The van der Waals surface area contributed by atoms with Gasteiger partial charge in [-0.3, -0.25) is 0 Å². The standard InChI is InChI=1S/C11H12F3NO/c1-8(7-15)5-9-3-2-4-10(6-9)16-11(12,13)14/h2-6H,7,15H2,1H3/b8-5-. The van der Waals surface area contributed by atoms with E-state index in [1.54, 1.807) is 19.1 Å². The summed E-state index contributed by atoms with van der Waals surface area (Å²) in [6, 6.07) is 5.74. The first-order chi connectivity index (χ1) is 7.40. The summed E-state index contributed by atoms with van der Waals surface area (Å²) < 4.78 is 39.6. The Labute approximate surface area is 91.5 Å². The lowest BCUT2D eigenvalue weighted by Gasteiger charge is -2.09. The second-order valence-corrected chi connectivity index (χ2v) is 3.32. The van der Waals surface area contributed by atoms with Gasteiger partial charge in [0.05, 0.1) is 0 Å². The highest BCUT2D eigenvalue weighted by Crippen LogP contribution is 2.23. The van der Waals surface area contributed by atoms with Crippen LogP contribution in [0.2, 0.25) is 0 Å². The molecule has 5 heteroatoms. The van der Waals surface area contributed by atoms with Crippen molar-refractivity contribution in [1.82, 2.24) is 0 Å². The summed E-state index contributed by atoms with van der Waals surface area (Å²) in [5, 5.41) is 0. The molecule has 0 bridgehead atoms. The third-order valence-corrected chi connectivity index (χ3v) is 1.83. The first-order valence-corrected chi connectivity index (χ1v) is 4.64. The summed E-state index contributed by atoms with van der Waals surface area (Å²) in [4.78, 5) is 0. The maximum Gasteiger partial charge on any atom is 0.573 e. The van der Waals surface area contributed by atoms with Crippen LogP contribution in [-0.4, -0.2) is 12.9 Å². The van der Waals surface area contributed by atoms with Crippen molar-refractivity contribution >= 4 is 6.08 Å². The van der Waals surface area contributed by atoms with Crippen LogP contribution in [0, 0.1) is 0 Å². The van der Waals surface area contributed by atoms with Crippen molar-refractivity contribution in [3.63, 3.8) is 0 Å². The van der Waals surface area contributed by atoms with E-state index in [0.29, 0.717) is 12.1 Å². The van der Waals surface area contributed by atoms with Crippen molar-refractivity contribution < 1.29 is 17.9 Å². The van der Waals surface area contributed by atoms with Gasteiger partial charge in [-0.05, 0) is 24.6 Å². The topological polar surface area (TPSA) is 35.2 Å². The predicted molar refractivity (Wildman–Crippen MR) is 55.8 cm³/mol. The number of nitrogens with two attached hydrogens (primary N) is 1. The minimum absolute atomic E-state index is 0.230. The van der Waals surface area contributed by atoms with E-state index in [4.69, 9.17) is 5.73 Å². The van der Waals surface area contributed by atoms with Crippen LogP contribution in [0.25, 0.3) is 6.08 Å². The summed E-state index contributed by atoms with van der Waals surface area (Å²) in [7, 11) is 0. The SMILES string of the molecule is C/C(=C/c1cccc(OC(F)(F)F)c1)CN. The van der Waals surface area contributed by atoms with Crippen LogP contribution in [0.5, 0.6) is 5.75 Å². The molecule has 0 spiro atoms. The number of alkyl halides is 3. The Balaban J connectivity index is 2.87. The molecule has 16 heavy (non-hydrogen) atoms. The molecule has 1 aromatic rings. The molecule has 0 heterocycles. The fourth-order valence-electron chi connectivity index (χ4n) is 1.14. The third-order valence-electron chi connectivity index (χ3n) is 1.83. The summed E-state index contributed by atoms with van der Waals surface area (Å²) in [5.74, 6) is -0.230. The lowest BCUT2D eigenvalue weighted by Crippen LogP contribution is -2.17. The average molecular weight is 231 g/mol. The van der Waals surface area contributed by atoms with E-state index in [9.17, 15) is 13.2 Å². The molecule has 88 valence electrons. The molecule has 0 saturated heterocycles. The average Bonchev–Trinajstić information content (AvgIpc) is 2.15. The first kappa shape index (κ1) is 12.6. The van der Waals surface area contributed by atoms with Gasteiger partial charge in [0, 0.05) is 6.54 Å². The molecule has 0 unspecified atom stereocenters. The van der Waals surface area contributed by atoms with Crippen molar-refractivity contribution in [3.8, 4) is 5.75 Å². The smallest absolute Gasteiger partial charge is 0.406 e. The van der Waals surface area contributed by atoms with Gasteiger partial charge in [-0.2, -0.15) is 0 Å². The van der Waals surface area contributed by atoms with Crippen LogP contribution in [-0.2, 0) is 0 Å². The lowest BCUT2D eigenvalue weighted by molar-refractivity contribution is -0.274. The van der Waals surface area contributed by atoms with E-state index in [1.165, 1.54) is 18.2 Å². The minimum atomic E-state index is -4.66. The van der Waals surface area contributed by atoms with Gasteiger partial charge in [-0.15, -0.1) is 13.2 Å². The van der Waals surface area contributed by atoms with Crippen LogP contribution in [0.4, 0.5) is 13.2 Å². The van der Waals surface area contributed by atoms with Crippen LogP contribution < -0.4 is 10.5 Å². The van der Waals surface area contributed by atoms with E-state index in [1.807, 2.05) is 0 Å². The highest BCUT2D eigenvalue weighted by Gasteiger charge is 2.30. The molecule has 1 aromatic carbocycles. The van der Waals surface area contributed by atoms with Crippen LogP contribution in [0.15, 0.2) is 29.8 Å². The fourth-order valence-corrected chi connectivity index (χ4v) is 1.14. The first-order valence-electron chi connectivity index (χ1n) is 4.64. The van der Waals surface area contributed by atoms with Crippen molar-refractivity contribution in [2.45, 2.75) is 13.3 Å². The molecule has 0 aliphatic rings. The molecule has 0 aliphatic heterocycles. The Bertz CT molecular complexity index is 385. The van der Waals surface area contributed by atoms with E-state index in [-0.39, 0.29) is 5.75 Å². The zero-order valence-corrected chi connectivity index (χ0v) is 8.71. The van der Waals surface area contributed by atoms with Gasteiger partial charge in [-0.1, -0.05) is 23.8 Å². The second kappa shape index (κ2) is 5.03. The van der Waals surface area contributed by atoms with Gasteiger partial charge >= 0.3 is 6.36 Å². The molecule has 2 N–H and O–H groups in total. The monoisotopic (exact) mass is 231 g/mol. The normalized spacial score (nSPS) is 12.7. The molecule has 2 nitrogen and oxygen atoms in total. The third kappa shape index (κ3) is 4.35. The summed E-state index contributed by atoms with van der Waals surface area (Å²) in [6.45, 7) is 2.17. The van der Waals surface area contributed by atoms with Gasteiger partial charge in [0.2, 0.25) is 0 Å². The van der Waals surface area contributed by atoms with E-state index < -0.39 is 6.36 Å². The highest BCUT2D eigenvalue weighted by molar-refractivity contribution is 5.54. The van der Waals surface area contributed by atoms with Gasteiger partial charge in [0.15, 0.2) is 0 Å². The summed E-state index contributed by atoms with van der Waals surface area (Å²) in [6.07, 6.45) is -2.95. The van der Waals surface area contributed by atoms with Crippen molar-refractivity contribution in [2.75, 3.05) is 6.54 Å². The summed E-state index contributed by atoms with van der Waals surface area (Å²) >= 11 is 0. The number of rotatable bonds is 3. The molecule has 0 radical (unpaired) electrons. The molecule has 1 rings (SSSR count). The summed E-state index contributed by atoms with van der Waals surface area (Å²) in [5.41, 5.74) is 6.89. The molecule has 0 fully saturated rings. The Morgan fingerprint density at radius 3 is 2.69 bits per heavy atom. The molecule has 0 amide bonds. The van der Waals surface area contributed by atoms with Crippen molar-refractivity contribution in [3.05, 3.63) is 35.4 Å². The van der Waals surface area contributed by atoms with E-state index in [2.05, 4.69) is 4.74 Å². The fraction of sp³-hybridized carbons (Fsp3) is 0.273. The van der Waals surface area contributed by atoms with E-state index in [0.717, 1.165) is 5.57 Å². The number of halogens is 3. The number of ether oxygens (including phenoxy) is 1. The largest absolute Gasteiger partial charge is 0.573 e. The maximum atomic E-state index is 11.9. The Hall–Kier alpha value is -1.49. The zero-order chi connectivity index (χ0) is 12.2. The zero-order valence-electron chi connectivity index (χ0n) is 8.71. The molecule has 0 aliphatic carbocycles. The molecular formula is C11H12F3NO. The Morgan fingerprint density at radius 2 is 2.12 bits per heavy atom. The Kier molecular flexibility index (Phi) is 3.95. The van der Waals surface area contributed by atoms with Gasteiger partial charge < -0.3 is 10.5 Å². The lowest BCUT2D eigenvalue weighted by atomic mass is 10.1. The molecular weight excluding hydrogens is 219 g/mol. The van der Waals surface area contributed by atoms with Crippen molar-refractivity contribution in [1.29, 1.82) is 0 Å². The molecule has 0 saturated carbocycles. The van der Waals surface area contributed by atoms with Gasteiger partial charge in [0.25, 0.3) is 0 Å². The molecule has 0 atom stereocenters. The van der Waals surface area contributed by atoms with Crippen LogP contribution >= 0.6 is 0 Å². The number of benzene rings is 1. The van der Waals surface area contributed by atoms with Gasteiger partial charge in [-0.25, -0.2) is 0 Å². The highest BCUT2D eigenvalue weighted by atomic mass is 19.4. The molecule has 0 aromatic heterocycles.